The molecule has 0 unspecified atom stereocenters. The van der Waals surface area contributed by atoms with E-state index in [4.69, 9.17) is 4.74 Å². The average molecular weight is 426 g/mol. The molecule has 3 rings (SSSR count). The lowest BCUT2D eigenvalue weighted by molar-refractivity contribution is -0.384. The SMILES string of the molecule is CCN(C[C@@H]1CCCO1)c1ccc(S(=O)(=O)N2C[C@H](C)C[C@H](C)C2)cc1[N+](=O)[O-]. The van der Waals surface area contributed by atoms with E-state index in [-0.39, 0.29) is 28.5 Å². The van der Waals surface area contributed by atoms with Gasteiger partial charge in [0.25, 0.3) is 5.69 Å². The summed E-state index contributed by atoms with van der Waals surface area (Å²) in [6.07, 6.45) is 2.96. The van der Waals surface area contributed by atoms with Crippen molar-refractivity contribution in [3.05, 3.63) is 28.3 Å². The van der Waals surface area contributed by atoms with E-state index < -0.39 is 14.9 Å². The first-order valence-electron chi connectivity index (χ1n) is 10.4. The van der Waals surface area contributed by atoms with Gasteiger partial charge in [-0.05, 0) is 50.2 Å². The number of sulfonamides is 1. The van der Waals surface area contributed by atoms with Crippen molar-refractivity contribution >= 4 is 21.4 Å². The van der Waals surface area contributed by atoms with Crippen LogP contribution in [0.4, 0.5) is 11.4 Å². The van der Waals surface area contributed by atoms with Crippen LogP contribution in [0.2, 0.25) is 0 Å². The summed E-state index contributed by atoms with van der Waals surface area (Å²) in [4.78, 5) is 13.2. The number of benzene rings is 1. The smallest absolute Gasteiger partial charge is 0.293 e. The van der Waals surface area contributed by atoms with E-state index in [1.54, 1.807) is 6.07 Å². The fraction of sp³-hybridized carbons (Fsp3) is 0.700. The first kappa shape index (κ1) is 22.0. The van der Waals surface area contributed by atoms with Crippen LogP contribution in [0.3, 0.4) is 0 Å². The fourth-order valence-corrected chi connectivity index (χ4v) is 6.16. The molecule has 0 aromatic heterocycles. The zero-order valence-electron chi connectivity index (χ0n) is 17.4. The zero-order chi connectivity index (χ0) is 21.2. The molecular formula is C20H31N3O5S. The minimum absolute atomic E-state index is 0.0116. The van der Waals surface area contributed by atoms with E-state index in [2.05, 4.69) is 0 Å². The highest BCUT2D eigenvalue weighted by Crippen LogP contribution is 2.34. The van der Waals surface area contributed by atoms with Crippen molar-refractivity contribution in [3.63, 3.8) is 0 Å². The third-order valence-electron chi connectivity index (χ3n) is 5.79. The van der Waals surface area contributed by atoms with Crippen LogP contribution >= 0.6 is 0 Å². The standard InChI is InChI=1S/C20H31N3O5S/c1-4-21(14-17-6-5-9-28-17)19-8-7-18(11-20(19)23(24)25)29(26,27)22-12-15(2)10-16(3)13-22/h7-8,11,15-17H,4-6,9-10,12-14H2,1-3H3/t15-,16+,17-/m0/s1. The molecule has 9 heteroatoms. The minimum Gasteiger partial charge on any atom is -0.376 e. The highest BCUT2D eigenvalue weighted by atomic mass is 32.2. The van der Waals surface area contributed by atoms with Crippen LogP contribution in [0.1, 0.15) is 40.0 Å². The monoisotopic (exact) mass is 425 g/mol. The highest BCUT2D eigenvalue weighted by molar-refractivity contribution is 7.89. The number of hydrogen-bond acceptors (Lipinski definition) is 6. The molecule has 0 aliphatic carbocycles. The number of anilines is 1. The van der Waals surface area contributed by atoms with Crippen molar-refractivity contribution in [1.29, 1.82) is 0 Å². The van der Waals surface area contributed by atoms with E-state index in [0.29, 0.717) is 38.5 Å². The Morgan fingerprint density at radius 1 is 1.28 bits per heavy atom. The van der Waals surface area contributed by atoms with Gasteiger partial charge in [0.15, 0.2) is 0 Å². The van der Waals surface area contributed by atoms with Crippen molar-refractivity contribution < 1.29 is 18.1 Å². The van der Waals surface area contributed by atoms with Gasteiger partial charge in [-0.2, -0.15) is 4.31 Å². The third kappa shape index (κ3) is 4.90. The Bertz CT molecular complexity index is 829. The number of nitro benzene ring substituents is 1. The van der Waals surface area contributed by atoms with E-state index in [9.17, 15) is 18.5 Å². The molecule has 2 aliphatic rings. The Morgan fingerprint density at radius 3 is 2.52 bits per heavy atom. The molecule has 2 fully saturated rings. The molecule has 0 spiro atoms. The van der Waals surface area contributed by atoms with Gasteiger partial charge in [0, 0.05) is 38.9 Å². The molecule has 162 valence electrons. The van der Waals surface area contributed by atoms with Crippen molar-refractivity contribution in [1.82, 2.24) is 4.31 Å². The molecule has 3 atom stereocenters. The largest absolute Gasteiger partial charge is 0.376 e. The van der Waals surface area contributed by atoms with Gasteiger partial charge < -0.3 is 9.64 Å². The summed E-state index contributed by atoms with van der Waals surface area (Å²) in [5.41, 5.74) is 0.261. The molecule has 0 radical (unpaired) electrons. The van der Waals surface area contributed by atoms with Crippen LogP contribution in [-0.2, 0) is 14.8 Å². The number of hydrogen-bond donors (Lipinski definition) is 0. The summed E-state index contributed by atoms with van der Waals surface area (Å²) in [5, 5.41) is 11.8. The molecule has 1 aromatic carbocycles. The number of piperidine rings is 1. The summed E-state index contributed by atoms with van der Waals surface area (Å²) < 4.78 is 33.4. The molecule has 0 N–H and O–H groups in total. The van der Waals surface area contributed by atoms with Crippen molar-refractivity contribution in [2.75, 3.05) is 37.7 Å². The third-order valence-corrected chi connectivity index (χ3v) is 7.61. The summed E-state index contributed by atoms with van der Waals surface area (Å²) in [6.45, 7) is 8.75. The van der Waals surface area contributed by atoms with Crippen molar-refractivity contribution in [2.24, 2.45) is 11.8 Å². The predicted octanol–water partition coefficient (Wildman–Crippen LogP) is 3.27. The van der Waals surface area contributed by atoms with E-state index in [1.165, 1.54) is 16.4 Å². The summed E-state index contributed by atoms with van der Waals surface area (Å²) in [6, 6.07) is 4.28. The topological polar surface area (TPSA) is 93.0 Å². The fourth-order valence-electron chi connectivity index (χ4n) is 4.46. The maximum atomic E-state index is 13.2. The lowest BCUT2D eigenvalue weighted by Crippen LogP contribution is -2.42. The Labute approximate surface area is 173 Å². The van der Waals surface area contributed by atoms with Crippen molar-refractivity contribution in [3.8, 4) is 0 Å². The van der Waals surface area contributed by atoms with Crippen LogP contribution in [-0.4, -0.2) is 56.5 Å². The summed E-state index contributed by atoms with van der Waals surface area (Å²) in [5.74, 6) is 0.537. The maximum absolute atomic E-state index is 13.2. The second-order valence-electron chi connectivity index (χ2n) is 8.35. The predicted molar refractivity (Wildman–Crippen MR) is 112 cm³/mol. The number of ether oxygens (including phenoxy) is 1. The van der Waals surface area contributed by atoms with E-state index in [1.807, 2.05) is 25.7 Å². The lowest BCUT2D eigenvalue weighted by atomic mass is 9.94. The molecule has 29 heavy (non-hydrogen) atoms. The van der Waals surface area contributed by atoms with Crippen LogP contribution in [0.15, 0.2) is 23.1 Å². The van der Waals surface area contributed by atoms with Gasteiger partial charge >= 0.3 is 0 Å². The first-order chi connectivity index (χ1) is 13.7. The zero-order valence-corrected chi connectivity index (χ0v) is 18.2. The molecule has 1 aromatic rings. The van der Waals surface area contributed by atoms with Gasteiger partial charge in [0.2, 0.25) is 10.0 Å². The van der Waals surface area contributed by atoms with Crippen molar-refractivity contribution in [2.45, 2.75) is 51.0 Å². The van der Waals surface area contributed by atoms with E-state index >= 15 is 0 Å². The first-order valence-corrected chi connectivity index (χ1v) is 11.8. The minimum atomic E-state index is -3.77. The van der Waals surface area contributed by atoms with Crippen LogP contribution in [0.5, 0.6) is 0 Å². The second-order valence-corrected chi connectivity index (χ2v) is 10.3. The van der Waals surface area contributed by atoms with Gasteiger partial charge in [-0.25, -0.2) is 8.42 Å². The number of likely N-dealkylation sites (N-methyl/N-ethyl adjacent to an activating group) is 1. The van der Waals surface area contributed by atoms with Gasteiger partial charge in [-0.1, -0.05) is 13.8 Å². The Hall–Kier alpha value is -1.71. The van der Waals surface area contributed by atoms with Gasteiger partial charge in [-0.15, -0.1) is 0 Å². The summed E-state index contributed by atoms with van der Waals surface area (Å²) >= 11 is 0. The molecule has 2 aliphatic heterocycles. The number of rotatable bonds is 7. The Kier molecular flexibility index (Phi) is 6.80. The quantitative estimate of drug-likeness (QED) is 0.492. The van der Waals surface area contributed by atoms with Crippen LogP contribution in [0.25, 0.3) is 0 Å². The van der Waals surface area contributed by atoms with Crippen LogP contribution < -0.4 is 4.90 Å². The Morgan fingerprint density at radius 2 is 1.97 bits per heavy atom. The van der Waals surface area contributed by atoms with Gasteiger partial charge in [0.05, 0.1) is 15.9 Å². The number of nitro groups is 1. The maximum Gasteiger partial charge on any atom is 0.293 e. The molecule has 0 saturated carbocycles. The molecule has 0 amide bonds. The van der Waals surface area contributed by atoms with Gasteiger partial charge in [0.1, 0.15) is 5.69 Å². The average Bonchev–Trinajstić information content (AvgIpc) is 3.18. The van der Waals surface area contributed by atoms with E-state index in [0.717, 1.165) is 19.3 Å². The van der Waals surface area contributed by atoms with Crippen LogP contribution in [0, 0.1) is 22.0 Å². The summed E-state index contributed by atoms with van der Waals surface area (Å²) in [7, 11) is -3.77. The normalized spacial score (nSPS) is 25.8. The Balaban J connectivity index is 1.91. The number of nitrogens with zero attached hydrogens (tertiary/aromatic N) is 3. The highest BCUT2D eigenvalue weighted by Gasteiger charge is 2.33. The second kappa shape index (κ2) is 8.97. The molecule has 2 heterocycles. The molecule has 2 saturated heterocycles. The lowest BCUT2D eigenvalue weighted by Gasteiger charge is -2.34. The molecule has 0 bridgehead atoms. The molecule has 8 nitrogen and oxygen atoms in total. The van der Waals surface area contributed by atoms with Gasteiger partial charge in [-0.3, -0.25) is 10.1 Å². The molecular weight excluding hydrogens is 394 g/mol.